The Morgan fingerprint density at radius 3 is 2.89 bits per heavy atom. The van der Waals surface area contributed by atoms with E-state index in [1.54, 1.807) is 19.2 Å². The maximum Gasteiger partial charge on any atom is 0.257 e. The number of carbonyl (C=O) groups excluding carboxylic acids is 1. The molecule has 1 aromatic carbocycles. The van der Waals surface area contributed by atoms with Crippen molar-refractivity contribution in [2.45, 2.75) is 24.4 Å². The summed E-state index contributed by atoms with van der Waals surface area (Å²) in [5, 5.41) is 3.07. The molecular formula is C19H19N3O4S. The molecule has 0 spiro atoms. The molecule has 2 aromatic rings. The molecule has 0 aliphatic carbocycles. The van der Waals surface area contributed by atoms with Crippen LogP contribution in [0.2, 0.25) is 0 Å². The summed E-state index contributed by atoms with van der Waals surface area (Å²) >= 11 is 1.23. The van der Waals surface area contributed by atoms with Gasteiger partial charge in [-0.05, 0) is 24.6 Å². The van der Waals surface area contributed by atoms with Gasteiger partial charge in [0.05, 0.1) is 25.0 Å². The summed E-state index contributed by atoms with van der Waals surface area (Å²) in [5.41, 5.74) is 0.914. The van der Waals surface area contributed by atoms with Gasteiger partial charge in [-0.15, -0.1) is 6.42 Å². The monoisotopic (exact) mass is 385 g/mol. The third-order valence-electron chi connectivity index (χ3n) is 4.11. The second kappa shape index (κ2) is 8.18. The third-order valence-corrected chi connectivity index (χ3v) is 4.89. The summed E-state index contributed by atoms with van der Waals surface area (Å²) in [6.07, 6.45) is 5.40. The molecule has 0 saturated carbocycles. The molecule has 0 saturated heterocycles. The number of hydrogen-bond acceptors (Lipinski definition) is 6. The second-order valence-corrected chi connectivity index (χ2v) is 6.74. The first-order chi connectivity index (χ1) is 13.1. The van der Waals surface area contributed by atoms with Crippen molar-refractivity contribution in [3.8, 4) is 23.8 Å². The number of nitrogens with zero attached hydrogens (tertiary/aromatic N) is 1. The van der Waals surface area contributed by atoms with Gasteiger partial charge in [0.15, 0.2) is 16.7 Å². The van der Waals surface area contributed by atoms with Crippen LogP contribution in [-0.4, -0.2) is 35.3 Å². The molecule has 1 aliphatic heterocycles. The minimum atomic E-state index is -0.429. The van der Waals surface area contributed by atoms with Crippen LogP contribution in [-0.2, 0) is 4.79 Å². The fourth-order valence-corrected chi connectivity index (χ4v) is 3.53. The number of benzene rings is 1. The Bertz CT molecular complexity index is 964. The Kier molecular flexibility index (Phi) is 5.72. The fourth-order valence-electron chi connectivity index (χ4n) is 2.99. The molecule has 2 heterocycles. The van der Waals surface area contributed by atoms with Gasteiger partial charge in [0.2, 0.25) is 5.91 Å². The molecule has 140 valence electrons. The number of fused-ring (bicyclic) bond motifs is 1. The van der Waals surface area contributed by atoms with Crippen LogP contribution in [0.1, 0.15) is 30.4 Å². The van der Waals surface area contributed by atoms with Crippen molar-refractivity contribution < 1.29 is 14.3 Å². The van der Waals surface area contributed by atoms with Gasteiger partial charge in [-0.3, -0.25) is 9.59 Å². The van der Waals surface area contributed by atoms with E-state index in [-0.39, 0.29) is 23.7 Å². The van der Waals surface area contributed by atoms with Gasteiger partial charge in [-0.25, -0.2) is 4.98 Å². The maximum absolute atomic E-state index is 12.7. The number of ether oxygens (including phenoxy) is 2. The highest BCUT2D eigenvalue weighted by Gasteiger charge is 2.31. The van der Waals surface area contributed by atoms with Gasteiger partial charge in [-0.2, -0.15) is 0 Å². The van der Waals surface area contributed by atoms with Gasteiger partial charge in [-0.1, -0.05) is 23.7 Å². The van der Waals surface area contributed by atoms with E-state index >= 15 is 0 Å². The standard InChI is InChI=1S/C19H19N3O4S/c1-4-8-27-19-21-17-16(18(24)22-19)12(10-15(23)20-17)11-6-7-13(25-3)14(9-11)26-5-2/h1,6-7,9,12H,5,8,10H2,2-3H3,(H2,20,21,22,23,24)/t12-/m1/s1. The summed E-state index contributed by atoms with van der Waals surface area (Å²) in [5.74, 6) is 3.64. The van der Waals surface area contributed by atoms with Gasteiger partial charge >= 0.3 is 0 Å². The van der Waals surface area contributed by atoms with Crippen molar-refractivity contribution >= 4 is 23.5 Å². The normalized spacial score (nSPS) is 15.4. The summed E-state index contributed by atoms with van der Waals surface area (Å²) in [7, 11) is 1.56. The summed E-state index contributed by atoms with van der Waals surface area (Å²) in [6.45, 7) is 2.35. The van der Waals surface area contributed by atoms with Crippen molar-refractivity contribution in [1.82, 2.24) is 9.97 Å². The van der Waals surface area contributed by atoms with E-state index in [2.05, 4.69) is 21.2 Å². The lowest BCUT2D eigenvalue weighted by Gasteiger charge is -2.25. The first-order valence-corrected chi connectivity index (χ1v) is 9.37. The van der Waals surface area contributed by atoms with Gasteiger partial charge < -0.3 is 19.8 Å². The number of aromatic amines is 1. The van der Waals surface area contributed by atoms with Crippen molar-refractivity contribution in [1.29, 1.82) is 0 Å². The topological polar surface area (TPSA) is 93.3 Å². The smallest absolute Gasteiger partial charge is 0.257 e. The number of methoxy groups -OCH3 is 1. The van der Waals surface area contributed by atoms with Crippen LogP contribution < -0.4 is 20.3 Å². The maximum atomic E-state index is 12.7. The minimum Gasteiger partial charge on any atom is -0.493 e. The Morgan fingerprint density at radius 2 is 2.19 bits per heavy atom. The Hall–Kier alpha value is -2.92. The third kappa shape index (κ3) is 3.93. The number of H-pyrrole nitrogens is 1. The average molecular weight is 385 g/mol. The largest absolute Gasteiger partial charge is 0.493 e. The number of carbonyl (C=O) groups is 1. The Balaban J connectivity index is 2.06. The molecule has 0 radical (unpaired) electrons. The molecule has 1 aromatic heterocycles. The zero-order valence-corrected chi connectivity index (χ0v) is 15.8. The number of terminal acetylenes is 1. The summed E-state index contributed by atoms with van der Waals surface area (Å²) in [6, 6.07) is 5.40. The first-order valence-electron chi connectivity index (χ1n) is 8.38. The van der Waals surface area contributed by atoms with Crippen LogP contribution in [0.25, 0.3) is 0 Å². The van der Waals surface area contributed by atoms with E-state index in [0.29, 0.717) is 34.6 Å². The molecule has 7 nitrogen and oxygen atoms in total. The molecule has 0 unspecified atom stereocenters. The molecular weight excluding hydrogens is 366 g/mol. The number of nitrogens with one attached hydrogen (secondary N) is 2. The number of hydrogen-bond donors (Lipinski definition) is 2. The SMILES string of the molecule is C#CCSc1nc2c(c(=O)[nH]1)[C@@H](c1ccc(OC)c(OCC)c1)CC(=O)N2. The lowest BCUT2D eigenvalue weighted by molar-refractivity contribution is -0.116. The second-order valence-electron chi connectivity index (χ2n) is 5.77. The molecule has 1 amide bonds. The van der Waals surface area contributed by atoms with E-state index in [4.69, 9.17) is 15.9 Å². The zero-order valence-electron chi connectivity index (χ0n) is 15.0. The molecule has 1 aliphatic rings. The summed E-state index contributed by atoms with van der Waals surface area (Å²) in [4.78, 5) is 32.0. The molecule has 0 bridgehead atoms. The molecule has 0 fully saturated rings. The number of anilines is 1. The van der Waals surface area contributed by atoms with E-state index in [1.807, 2.05) is 13.0 Å². The van der Waals surface area contributed by atoms with Gasteiger partial charge in [0.1, 0.15) is 5.82 Å². The predicted octanol–water partition coefficient (Wildman–Crippen LogP) is 2.38. The van der Waals surface area contributed by atoms with Crippen molar-refractivity contribution in [2.24, 2.45) is 0 Å². The highest BCUT2D eigenvalue weighted by Crippen LogP contribution is 2.38. The fraction of sp³-hybridized carbons (Fsp3) is 0.316. The van der Waals surface area contributed by atoms with Crippen LogP contribution in [0.3, 0.4) is 0 Å². The number of rotatable bonds is 6. The predicted molar refractivity (Wildman–Crippen MR) is 104 cm³/mol. The van der Waals surface area contributed by atoms with Gasteiger partial charge in [0, 0.05) is 12.3 Å². The number of aromatic nitrogens is 2. The highest BCUT2D eigenvalue weighted by molar-refractivity contribution is 7.99. The van der Waals surface area contributed by atoms with Crippen molar-refractivity contribution in [3.63, 3.8) is 0 Å². The number of thioether (sulfide) groups is 1. The Morgan fingerprint density at radius 1 is 1.37 bits per heavy atom. The average Bonchev–Trinajstić information content (AvgIpc) is 2.65. The van der Waals surface area contributed by atoms with E-state index < -0.39 is 5.92 Å². The van der Waals surface area contributed by atoms with E-state index in [1.165, 1.54) is 11.8 Å². The van der Waals surface area contributed by atoms with Crippen LogP contribution in [0.15, 0.2) is 28.2 Å². The lowest BCUT2D eigenvalue weighted by Crippen LogP contribution is -2.31. The van der Waals surface area contributed by atoms with Crippen LogP contribution in [0.5, 0.6) is 11.5 Å². The van der Waals surface area contributed by atoms with E-state index in [9.17, 15) is 9.59 Å². The lowest BCUT2D eigenvalue weighted by atomic mass is 9.86. The molecule has 2 N–H and O–H groups in total. The molecule has 8 heteroatoms. The minimum absolute atomic E-state index is 0.145. The highest BCUT2D eigenvalue weighted by atomic mass is 32.2. The van der Waals surface area contributed by atoms with Crippen LogP contribution >= 0.6 is 11.8 Å². The summed E-state index contributed by atoms with van der Waals surface area (Å²) < 4.78 is 10.9. The Labute approximate surface area is 160 Å². The quantitative estimate of drug-likeness (QED) is 0.451. The molecule has 27 heavy (non-hydrogen) atoms. The molecule has 3 rings (SSSR count). The van der Waals surface area contributed by atoms with Crippen molar-refractivity contribution in [2.75, 3.05) is 24.8 Å². The van der Waals surface area contributed by atoms with Crippen LogP contribution in [0.4, 0.5) is 5.82 Å². The first kappa shape index (κ1) is 18.9. The number of amides is 1. The zero-order chi connectivity index (χ0) is 19.4. The van der Waals surface area contributed by atoms with Crippen LogP contribution in [0, 0.1) is 12.3 Å². The van der Waals surface area contributed by atoms with Gasteiger partial charge in [0.25, 0.3) is 5.56 Å². The van der Waals surface area contributed by atoms with E-state index in [0.717, 1.165) is 5.56 Å². The van der Waals surface area contributed by atoms with Crippen molar-refractivity contribution in [3.05, 3.63) is 39.7 Å². The molecule has 1 atom stereocenters.